The predicted molar refractivity (Wildman–Crippen MR) is 99.4 cm³/mol. The lowest BCUT2D eigenvalue weighted by molar-refractivity contribution is 0.0699. The van der Waals surface area contributed by atoms with Crippen molar-refractivity contribution in [3.05, 3.63) is 89.7 Å². The fraction of sp³-hybridized carbons (Fsp3) is 0. The van der Waals surface area contributed by atoms with Gasteiger partial charge in [-0.3, -0.25) is 0 Å². The number of hydrogen-bond donors (Lipinski definition) is 1. The number of aromatic nitrogens is 1. The maximum absolute atomic E-state index is 14.8. The Morgan fingerprint density at radius 1 is 0.821 bits per heavy atom. The van der Waals surface area contributed by atoms with Crippen LogP contribution in [0.25, 0.3) is 33.3 Å². The third-order valence-corrected chi connectivity index (χ3v) is 4.44. The van der Waals surface area contributed by atoms with E-state index in [1.165, 1.54) is 18.2 Å². The topological polar surface area (TPSA) is 50.2 Å². The summed E-state index contributed by atoms with van der Waals surface area (Å²) >= 11 is 0. The Hall–Kier alpha value is -3.67. The average molecular weight is 379 g/mol. The zero-order valence-corrected chi connectivity index (χ0v) is 14.3. The van der Waals surface area contributed by atoms with Crippen LogP contribution in [0.15, 0.2) is 66.7 Å². The summed E-state index contributed by atoms with van der Waals surface area (Å²) in [4.78, 5) is 15.8. The van der Waals surface area contributed by atoms with Crippen LogP contribution in [0.1, 0.15) is 10.4 Å². The van der Waals surface area contributed by atoms with Gasteiger partial charge in [0.05, 0.1) is 16.8 Å². The van der Waals surface area contributed by atoms with E-state index < -0.39 is 23.4 Å². The number of carboxylic acids is 1. The number of carboxylic acid groups (broad SMARTS) is 1. The Morgan fingerprint density at radius 2 is 1.50 bits per heavy atom. The van der Waals surface area contributed by atoms with Gasteiger partial charge in [0.1, 0.15) is 5.82 Å². The van der Waals surface area contributed by atoms with Gasteiger partial charge in [0.2, 0.25) is 0 Å². The molecule has 0 unspecified atom stereocenters. The molecule has 3 aromatic carbocycles. The number of pyridine rings is 1. The van der Waals surface area contributed by atoms with Gasteiger partial charge in [-0.2, -0.15) is 0 Å². The minimum atomic E-state index is -1.32. The third kappa shape index (κ3) is 2.99. The first-order valence-electron chi connectivity index (χ1n) is 8.33. The van der Waals surface area contributed by atoms with Crippen LogP contribution in [0.3, 0.4) is 0 Å². The number of carbonyl (C=O) groups is 1. The third-order valence-electron chi connectivity index (χ3n) is 4.44. The molecule has 138 valence electrons. The van der Waals surface area contributed by atoms with Gasteiger partial charge in [-0.25, -0.2) is 22.9 Å². The minimum Gasteiger partial charge on any atom is -0.478 e. The summed E-state index contributed by atoms with van der Waals surface area (Å²) in [6.45, 7) is 0. The maximum atomic E-state index is 14.8. The Labute approximate surface area is 157 Å². The van der Waals surface area contributed by atoms with E-state index in [1.54, 1.807) is 30.3 Å². The lowest BCUT2D eigenvalue weighted by Gasteiger charge is -2.11. The summed E-state index contributed by atoms with van der Waals surface area (Å²) in [7, 11) is 0. The summed E-state index contributed by atoms with van der Waals surface area (Å²) in [5.74, 6) is -4.12. The molecule has 0 bridgehead atoms. The lowest BCUT2D eigenvalue weighted by atomic mass is 9.99. The number of rotatable bonds is 3. The van der Waals surface area contributed by atoms with Crippen molar-refractivity contribution in [2.75, 3.05) is 0 Å². The summed E-state index contributed by atoms with van der Waals surface area (Å²) < 4.78 is 43.0. The van der Waals surface area contributed by atoms with Crippen LogP contribution in [0.4, 0.5) is 13.2 Å². The monoisotopic (exact) mass is 379 g/mol. The van der Waals surface area contributed by atoms with Crippen LogP contribution in [-0.4, -0.2) is 16.1 Å². The highest BCUT2D eigenvalue weighted by Gasteiger charge is 2.19. The van der Waals surface area contributed by atoms with Gasteiger partial charge >= 0.3 is 5.97 Å². The molecule has 0 aliphatic rings. The van der Waals surface area contributed by atoms with Crippen molar-refractivity contribution >= 4 is 16.9 Å². The van der Waals surface area contributed by atoms with Crippen molar-refractivity contribution in [1.82, 2.24) is 4.98 Å². The van der Waals surface area contributed by atoms with E-state index in [9.17, 15) is 23.1 Å². The quantitative estimate of drug-likeness (QED) is 0.498. The molecule has 0 fully saturated rings. The Morgan fingerprint density at radius 3 is 2.21 bits per heavy atom. The zero-order valence-electron chi connectivity index (χ0n) is 14.3. The largest absolute Gasteiger partial charge is 0.478 e. The fourth-order valence-corrected chi connectivity index (χ4v) is 3.10. The molecule has 6 heteroatoms. The van der Waals surface area contributed by atoms with Crippen LogP contribution in [0.5, 0.6) is 0 Å². The van der Waals surface area contributed by atoms with Gasteiger partial charge < -0.3 is 5.11 Å². The molecule has 3 nitrogen and oxygen atoms in total. The zero-order chi connectivity index (χ0) is 19.8. The summed E-state index contributed by atoms with van der Waals surface area (Å²) in [6, 6.07) is 15.9. The van der Waals surface area contributed by atoms with Gasteiger partial charge in [0, 0.05) is 16.5 Å². The highest BCUT2D eigenvalue weighted by Crippen LogP contribution is 2.32. The molecule has 0 saturated heterocycles. The summed E-state index contributed by atoms with van der Waals surface area (Å²) in [5.41, 5.74) is 0.301. The molecule has 4 aromatic rings. The van der Waals surface area contributed by atoms with Crippen molar-refractivity contribution in [1.29, 1.82) is 0 Å². The molecule has 1 heterocycles. The molecule has 0 atom stereocenters. The maximum Gasteiger partial charge on any atom is 0.336 e. The van der Waals surface area contributed by atoms with E-state index in [0.717, 1.165) is 18.2 Å². The fourth-order valence-electron chi connectivity index (χ4n) is 3.10. The average Bonchev–Trinajstić information content (AvgIpc) is 2.70. The highest BCUT2D eigenvalue weighted by molar-refractivity contribution is 6.03. The standard InChI is InChI=1S/C22H12F3NO2/c23-13-6-9-18-16(10-13)17(22(27)28)11-19(26-18)15-8-7-14(20(24)21(15)25)12-4-2-1-3-5-12/h1-11H,(H,27,28). The molecular formula is C22H12F3NO2. The van der Waals surface area contributed by atoms with Gasteiger partial charge in [-0.15, -0.1) is 0 Å². The summed E-state index contributed by atoms with van der Waals surface area (Å²) in [6.07, 6.45) is 0. The van der Waals surface area contributed by atoms with Gasteiger partial charge in [0.15, 0.2) is 11.6 Å². The SMILES string of the molecule is O=C(O)c1cc(-c2ccc(-c3ccccc3)c(F)c2F)nc2ccc(F)cc12. The molecule has 4 rings (SSSR count). The van der Waals surface area contributed by atoms with Crippen LogP contribution < -0.4 is 0 Å². The molecule has 0 spiro atoms. The smallest absolute Gasteiger partial charge is 0.336 e. The van der Waals surface area contributed by atoms with Crippen molar-refractivity contribution in [3.63, 3.8) is 0 Å². The predicted octanol–water partition coefficient (Wildman–Crippen LogP) is 5.68. The van der Waals surface area contributed by atoms with E-state index in [0.29, 0.717) is 5.56 Å². The molecule has 1 N–H and O–H groups in total. The molecule has 1 aromatic heterocycles. The van der Waals surface area contributed by atoms with E-state index in [2.05, 4.69) is 4.98 Å². The van der Waals surface area contributed by atoms with Crippen LogP contribution in [-0.2, 0) is 0 Å². The Bertz CT molecular complexity index is 1220. The number of halogens is 3. The van der Waals surface area contributed by atoms with Crippen LogP contribution in [0.2, 0.25) is 0 Å². The number of fused-ring (bicyclic) bond motifs is 1. The van der Waals surface area contributed by atoms with Crippen molar-refractivity contribution in [2.24, 2.45) is 0 Å². The molecule has 0 amide bonds. The second-order valence-corrected chi connectivity index (χ2v) is 6.18. The first-order chi connectivity index (χ1) is 13.5. The number of hydrogen-bond acceptors (Lipinski definition) is 2. The van der Waals surface area contributed by atoms with E-state index in [4.69, 9.17) is 0 Å². The second-order valence-electron chi connectivity index (χ2n) is 6.18. The molecular weight excluding hydrogens is 367 g/mol. The Balaban J connectivity index is 1.92. The number of benzene rings is 3. The molecule has 0 saturated carbocycles. The molecule has 28 heavy (non-hydrogen) atoms. The first kappa shape index (κ1) is 17.7. The second kappa shape index (κ2) is 6.81. The number of nitrogens with zero attached hydrogens (tertiary/aromatic N) is 1. The van der Waals surface area contributed by atoms with Crippen molar-refractivity contribution in [3.8, 4) is 22.4 Å². The molecule has 0 aliphatic heterocycles. The van der Waals surface area contributed by atoms with E-state index in [-0.39, 0.29) is 33.3 Å². The van der Waals surface area contributed by atoms with Gasteiger partial charge in [-0.1, -0.05) is 36.4 Å². The van der Waals surface area contributed by atoms with Crippen molar-refractivity contribution in [2.45, 2.75) is 0 Å². The number of aromatic carboxylic acids is 1. The normalized spacial score (nSPS) is 11.0. The molecule has 0 radical (unpaired) electrons. The van der Waals surface area contributed by atoms with Crippen LogP contribution in [0, 0.1) is 17.5 Å². The minimum absolute atomic E-state index is 0.0486. The highest BCUT2D eigenvalue weighted by atomic mass is 19.2. The lowest BCUT2D eigenvalue weighted by Crippen LogP contribution is -2.02. The van der Waals surface area contributed by atoms with E-state index >= 15 is 0 Å². The van der Waals surface area contributed by atoms with Gasteiger partial charge in [-0.05, 0) is 35.9 Å². The van der Waals surface area contributed by atoms with Crippen LogP contribution >= 0.6 is 0 Å². The Kier molecular flexibility index (Phi) is 4.31. The summed E-state index contributed by atoms with van der Waals surface area (Å²) in [5, 5.41) is 9.53. The van der Waals surface area contributed by atoms with Gasteiger partial charge in [0.25, 0.3) is 0 Å². The van der Waals surface area contributed by atoms with Crippen molar-refractivity contribution < 1.29 is 23.1 Å². The van der Waals surface area contributed by atoms with E-state index in [1.807, 2.05) is 0 Å². The molecule has 0 aliphatic carbocycles. The first-order valence-corrected chi connectivity index (χ1v) is 8.33.